The number of rotatable bonds is 8. The molecule has 6 heteroatoms. The number of nitrogens with one attached hydrogen (secondary N) is 2. The van der Waals surface area contributed by atoms with Crippen LogP contribution in [0, 0.1) is 5.41 Å². The summed E-state index contributed by atoms with van der Waals surface area (Å²) in [4.78, 5) is 0. The smallest absolute Gasteiger partial charge is 0.162 e. The van der Waals surface area contributed by atoms with Crippen molar-refractivity contribution in [2.45, 2.75) is 33.2 Å². The minimum Gasteiger partial charge on any atom is -0.486 e. The van der Waals surface area contributed by atoms with Crippen molar-refractivity contribution in [1.82, 2.24) is 15.5 Å². The van der Waals surface area contributed by atoms with Gasteiger partial charge in [-0.25, -0.2) is 0 Å². The molecule has 25 heavy (non-hydrogen) atoms. The molecule has 0 aliphatic carbocycles. The SMILES string of the molecule is CCC(CC)(CO)CNCc1cn[nH]c1-c1ccc2c(c1)OCCO2. The molecule has 0 bridgehead atoms. The molecule has 1 aliphatic rings. The molecule has 1 aromatic heterocycles. The molecular weight excluding hydrogens is 318 g/mol. The summed E-state index contributed by atoms with van der Waals surface area (Å²) in [6, 6.07) is 5.94. The maximum atomic E-state index is 9.69. The summed E-state index contributed by atoms with van der Waals surface area (Å²) in [7, 11) is 0. The first-order valence-corrected chi connectivity index (χ1v) is 8.95. The Balaban J connectivity index is 1.71. The summed E-state index contributed by atoms with van der Waals surface area (Å²) in [5, 5.41) is 20.5. The third-order valence-electron chi connectivity index (χ3n) is 5.20. The summed E-state index contributed by atoms with van der Waals surface area (Å²) >= 11 is 0. The molecule has 1 aliphatic heterocycles. The predicted octanol–water partition coefficient (Wildman–Crippen LogP) is 2.74. The quantitative estimate of drug-likeness (QED) is 0.685. The molecule has 0 unspecified atom stereocenters. The second-order valence-corrected chi connectivity index (χ2v) is 6.60. The fourth-order valence-electron chi connectivity index (χ4n) is 3.14. The lowest BCUT2D eigenvalue weighted by atomic mass is 9.83. The van der Waals surface area contributed by atoms with Crippen molar-refractivity contribution in [3.8, 4) is 22.8 Å². The van der Waals surface area contributed by atoms with Crippen molar-refractivity contribution in [2.75, 3.05) is 26.4 Å². The molecule has 6 nitrogen and oxygen atoms in total. The van der Waals surface area contributed by atoms with Gasteiger partial charge in [0.2, 0.25) is 0 Å². The van der Waals surface area contributed by atoms with Gasteiger partial charge in [-0.2, -0.15) is 5.10 Å². The molecule has 2 heterocycles. The fraction of sp³-hybridized carbons (Fsp3) is 0.526. The molecule has 0 saturated carbocycles. The number of aliphatic hydroxyl groups is 1. The number of ether oxygens (including phenoxy) is 2. The van der Waals surface area contributed by atoms with E-state index in [2.05, 4.69) is 29.4 Å². The second-order valence-electron chi connectivity index (χ2n) is 6.60. The molecule has 136 valence electrons. The Morgan fingerprint density at radius 2 is 1.96 bits per heavy atom. The summed E-state index contributed by atoms with van der Waals surface area (Å²) in [6.07, 6.45) is 3.75. The van der Waals surface area contributed by atoms with Crippen LogP contribution in [-0.2, 0) is 6.54 Å². The molecule has 0 fully saturated rings. The van der Waals surface area contributed by atoms with Crippen molar-refractivity contribution in [3.63, 3.8) is 0 Å². The average molecular weight is 345 g/mol. The molecule has 0 atom stereocenters. The molecule has 0 radical (unpaired) electrons. The Hall–Kier alpha value is -2.05. The summed E-state index contributed by atoms with van der Waals surface area (Å²) in [5.41, 5.74) is 3.04. The summed E-state index contributed by atoms with van der Waals surface area (Å²) < 4.78 is 11.2. The third-order valence-corrected chi connectivity index (χ3v) is 5.20. The molecule has 1 aromatic carbocycles. The standard InChI is InChI=1S/C19H27N3O3/c1-3-19(4-2,13-23)12-20-10-15-11-21-22-18(15)14-5-6-16-17(9-14)25-8-7-24-16/h5-6,9,11,20,23H,3-4,7-8,10,12-13H2,1-2H3,(H,21,22). The lowest BCUT2D eigenvalue weighted by Gasteiger charge is -2.29. The largest absolute Gasteiger partial charge is 0.486 e. The number of H-pyrrole nitrogens is 1. The van der Waals surface area contributed by atoms with Gasteiger partial charge >= 0.3 is 0 Å². The van der Waals surface area contributed by atoms with E-state index >= 15 is 0 Å². The van der Waals surface area contributed by atoms with Crippen LogP contribution in [0.15, 0.2) is 24.4 Å². The molecular formula is C19H27N3O3. The Morgan fingerprint density at radius 1 is 1.20 bits per heavy atom. The van der Waals surface area contributed by atoms with Gasteiger partial charge in [0.05, 0.1) is 11.9 Å². The van der Waals surface area contributed by atoms with Crippen molar-refractivity contribution >= 4 is 0 Å². The minimum absolute atomic E-state index is 0.0547. The third kappa shape index (κ3) is 3.80. The number of benzene rings is 1. The van der Waals surface area contributed by atoms with Crippen LogP contribution in [0.1, 0.15) is 32.3 Å². The van der Waals surface area contributed by atoms with Crippen LogP contribution in [0.3, 0.4) is 0 Å². The number of fused-ring (bicyclic) bond motifs is 1. The topological polar surface area (TPSA) is 79.4 Å². The van der Waals surface area contributed by atoms with Gasteiger partial charge in [-0.15, -0.1) is 0 Å². The van der Waals surface area contributed by atoms with Crippen LogP contribution in [0.4, 0.5) is 0 Å². The van der Waals surface area contributed by atoms with Crippen LogP contribution in [0.5, 0.6) is 11.5 Å². The number of hydrogen-bond donors (Lipinski definition) is 3. The van der Waals surface area contributed by atoms with Gasteiger partial charge in [0.25, 0.3) is 0 Å². The second kappa shape index (κ2) is 7.89. The number of nitrogens with zero attached hydrogens (tertiary/aromatic N) is 1. The van der Waals surface area contributed by atoms with Gasteiger partial charge in [0, 0.05) is 36.2 Å². The van der Waals surface area contributed by atoms with Gasteiger partial charge in [0.15, 0.2) is 11.5 Å². The zero-order valence-corrected chi connectivity index (χ0v) is 15.0. The van der Waals surface area contributed by atoms with Crippen molar-refractivity contribution < 1.29 is 14.6 Å². The van der Waals surface area contributed by atoms with E-state index in [9.17, 15) is 5.11 Å². The predicted molar refractivity (Wildman–Crippen MR) is 96.8 cm³/mol. The van der Waals surface area contributed by atoms with E-state index in [1.165, 1.54) is 0 Å². The summed E-state index contributed by atoms with van der Waals surface area (Å²) in [6.45, 7) is 7.09. The number of aromatic nitrogens is 2. The zero-order valence-electron chi connectivity index (χ0n) is 15.0. The first kappa shape index (κ1) is 17.8. The molecule has 0 saturated heterocycles. The molecule has 2 aromatic rings. The average Bonchev–Trinajstić information content (AvgIpc) is 3.14. The highest BCUT2D eigenvalue weighted by Crippen LogP contribution is 2.35. The van der Waals surface area contributed by atoms with E-state index in [1.807, 2.05) is 24.4 Å². The van der Waals surface area contributed by atoms with Gasteiger partial charge in [0.1, 0.15) is 13.2 Å². The Morgan fingerprint density at radius 3 is 2.68 bits per heavy atom. The number of aromatic amines is 1. The highest BCUT2D eigenvalue weighted by Gasteiger charge is 2.24. The number of aliphatic hydroxyl groups excluding tert-OH is 1. The van der Waals surface area contributed by atoms with Crippen LogP contribution < -0.4 is 14.8 Å². The van der Waals surface area contributed by atoms with Crippen LogP contribution >= 0.6 is 0 Å². The first-order chi connectivity index (χ1) is 12.2. The number of hydrogen-bond acceptors (Lipinski definition) is 5. The van der Waals surface area contributed by atoms with Gasteiger partial charge in [-0.05, 0) is 31.0 Å². The Bertz CT molecular complexity index is 687. The lowest BCUT2D eigenvalue weighted by molar-refractivity contribution is 0.113. The van der Waals surface area contributed by atoms with Crippen molar-refractivity contribution in [3.05, 3.63) is 30.0 Å². The molecule has 0 spiro atoms. The van der Waals surface area contributed by atoms with Crippen LogP contribution in [0.25, 0.3) is 11.3 Å². The monoisotopic (exact) mass is 345 g/mol. The van der Waals surface area contributed by atoms with Crippen molar-refractivity contribution in [2.24, 2.45) is 5.41 Å². The van der Waals surface area contributed by atoms with Gasteiger partial charge in [-0.3, -0.25) is 5.10 Å². The highest BCUT2D eigenvalue weighted by atomic mass is 16.6. The van der Waals surface area contributed by atoms with Gasteiger partial charge < -0.3 is 19.9 Å². The normalized spacial score (nSPS) is 13.9. The maximum Gasteiger partial charge on any atom is 0.162 e. The first-order valence-electron chi connectivity index (χ1n) is 8.95. The Kier molecular flexibility index (Phi) is 5.60. The van der Waals surface area contributed by atoms with E-state index in [4.69, 9.17) is 9.47 Å². The van der Waals surface area contributed by atoms with Crippen LogP contribution in [-0.4, -0.2) is 41.7 Å². The van der Waals surface area contributed by atoms with E-state index in [1.54, 1.807) is 0 Å². The molecule has 3 rings (SSSR count). The minimum atomic E-state index is -0.0547. The zero-order chi connectivity index (χ0) is 17.7. The van der Waals surface area contributed by atoms with E-state index in [-0.39, 0.29) is 12.0 Å². The van der Waals surface area contributed by atoms with Gasteiger partial charge in [-0.1, -0.05) is 13.8 Å². The summed E-state index contributed by atoms with van der Waals surface area (Å²) in [5.74, 6) is 1.56. The fourth-order valence-corrected chi connectivity index (χ4v) is 3.14. The lowest BCUT2D eigenvalue weighted by Crippen LogP contribution is -2.36. The van der Waals surface area contributed by atoms with Crippen LogP contribution in [0.2, 0.25) is 0 Å². The van der Waals surface area contributed by atoms with E-state index in [0.29, 0.717) is 19.8 Å². The van der Waals surface area contributed by atoms with E-state index < -0.39 is 0 Å². The van der Waals surface area contributed by atoms with Crippen molar-refractivity contribution in [1.29, 1.82) is 0 Å². The Labute approximate surface area is 148 Å². The maximum absolute atomic E-state index is 9.69. The molecule has 0 amide bonds. The highest BCUT2D eigenvalue weighted by molar-refractivity contribution is 5.66. The van der Waals surface area contributed by atoms with E-state index in [0.717, 1.165) is 47.7 Å². The molecule has 3 N–H and O–H groups in total.